The van der Waals surface area contributed by atoms with Gasteiger partial charge >= 0.3 is 0 Å². The van der Waals surface area contributed by atoms with Gasteiger partial charge in [0, 0.05) is 11.8 Å². The van der Waals surface area contributed by atoms with Crippen molar-refractivity contribution in [1.29, 1.82) is 0 Å². The lowest BCUT2D eigenvalue weighted by Gasteiger charge is -2.26. The Labute approximate surface area is 134 Å². The Bertz CT molecular complexity index is 669. The molecule has 0 saturated carbocycles. The fourth-order valence-electron chi connectivity index (χ4n) is 2.28. The number of ether oxygens (including phenoxy) is 2. The summed E-state index contributed by atoms with van der Waals surface area (Å²) in [6, 6.07) is 7.67. The van der Waals surface area contributed by atoms with E-state index < -0.39 is 0 Å². The highest BCUT2D eigenvalue weighted by Gasteiger charge is 2.28. The SMILES string of the molecule is C=CCn1c(SC(C)C)nnc1C1COc2ccccc2O1. The van der Waals surface area contributed by atoms with Gasteiger partial charge < -0.3 is 9.47 Å². The molecule has 6 heteroatoms. The van der Waals surface area contributed by atoms with Gasteiger partial charge in [-0.3, -0.25) is 4.57 Å². The Morgan fingerprint density at radius 2 is 2.14 bits per heavy atom. The predicted octanol–water partition coefficient (Wildman–Crippen LogP) is 3.48. The van der Waals surface area contributed by atoms with Crippen LogP contribution in [0.1, 0.15) is 25.8 Å². The van der Waals surface area contributed by atoms with Gasteiger partial charge in [0.25, 0.3) is 0 Å². The molecule has 0 radical (unpaired) electrons. The lowest BCUT2D eigenvalue weighted by atomic mass is 10.2. The average Bonchev–Trinajstić information content (AvgIpc) is 2.89. The van der Waals surface area contributed by atoms with E-state index >= 15 is 0 Å². The number of hydrogen-bond acceptors (Lipinski definition) is 5. The van der Waals surface area contributed by atoms with E-state index in [4.69, 9.17) is 9.47 Å². The third-order valence-electron chi connectivity index (χ3n) is 3.19. The normalized spacial score (nSPS) is 16.8. The maximum Gasteiger partial charge on any atom is 0.192 e. The van der Waals surface area contributed by atoms with Crippen LogP contribution in [0.3, 0.4) is 0 Å². The van der Waals surface area contributed by atoms with Crippen molar-refractivity contribution in [1.82, 2.24) is 14.8 Å². The molecule has 0 spiro atoms. The maximum atomic E-state index is 6.03. The van der Waals surface area contributed by atoms with Crippen LogP contribution in [0.2, 0.25) is 0 Å². The smallest absolute Gasteiger partial charge is 0.192 e. The van der Waals surface area contributed by atoms with E-state index in [2.05, 4.69) is 30.6 Å². The van der Waals surface area contributed by atoms with Crippen molar-refractivity contribution in [2.75, 3.05) is 6.61 Å². The van der Waals surface area contributed by atoms with E-state index in [1.54, 1.807) is 11.8 Å². The Hall–Kier alpha value is -1.95. The molecule has 0 saturated heterocycles. The molecule has 1 atom stereocenters. The number of para-hydroxylation sites is 2. The molecule has 0 amide bonds. The van der Waals surface area contributed by atoms with Crippen LogP contribution in [0.4, 0.5) is 0 Å². The summed E-state index contributed by atoms with van der Waals surface area (Å²) in [4.78, 5) is 0. The molecule has 0 aliphatic carbocycles. The number of hydrogen-bond donors (Lipinski definition) is 0. The lowest BCUT2D eigenvalue weighted by molar-refractivity contribution is 0.0821. The van der Waals surface area contributed by atoms with Crippen LogP contribution < -0.4 is 9.47 Å². The van der Waals surface area contributed by atoms with Gasteiger partial charge in [-0.15, -0.1) is 16.8 Å². The topological polar surface area (TPSA) is 49.2 Å². The number of thioether (sulfide) groups is 1. The third-order valence-corrected chi connectivity index (χ3v) is 4.18. The van der Waals surface area contributed by atoms with Crippen molar-refractivity contribution in [2.24, 2.45) is 0 Å². The summed E-state index contributed by atoms with van der Waals surface area (Å²) >= 11 is 1.68. The Kier molecular flexibility index (Phi) is 4.38. The zero-order valence-electron chi connectivity index (χ0n) is 12.7. The Balaban J connectivity index is 1.89. The van der Waals surface area contributed by atoms with Crippen LogP contribution in [0.15, 0.2) is 42.1 Å². The quantitative estimate of drug-likeness (QED) is 0.624. The highest BCUT2D eigenvalue weighted by atomic mass is 32.2. The Morgan fingerprint density at radius 1 is 1.36 bits per heavy atom. The van der Waals surface area contributed by atoms with Crippen LogP contribution >= 0.6 is 11.8 Å². The molecular weight excluding hydrogens is 298 g/mol. The first-order valence-electron chi connectivity index (χ1n) is 7.28. The number of aromatic nitrogens is 3. The fraction of sp³-hybridized carbons (Fsp3) is 0.375. The summed E-state index contributed by atoms with van der Waals surface area (Å²) in [7, 11) is 0. The summed E-state index contributed by atoms with van der Waals surface area (Å²) in [5.41, 5.74) is 0. The van der Waals surface area contributed by atoms with Gasteiger partial charge in [0.05, 0.1) is 0 Å². The van der Waals surface area contributed by atoms with Gasteiger partial charge in [0.2, 0.25) is 0 Å². The Morgan fingerprint density at radius 3 is 2.86 bits per heavy atom. The first-order valence-corrected chi connectivity index (χ1v) is 8.16. The standard InChI is InChI=1S/C16H19N3O2S/c1-4-9-19-15(17-18-16(19)22-11(2)3)14-10-20-12-7-5-6-8-13(12)21-14/h4-8,11,14H,1,9-10H2,2-3H3. The van der Waals surface area contributed by atoms with Crippen molar-refractivity contribution >= 4 is 11.8 Å². The van der Waals surface area contributed by atoms with Crippen LogP contribution in [0, 0.1) is 0 Å². The number of allylic oxidation sites excluding steroid dienone is 1. The molecular formula is C16H19N3O2S. The van der Waals surface area contributed by atoms with E-state index in [1.807, 2.05) is 34.9 Å². The van der Waals surface area contributed by atoms with Gasteiger partial charge in [-0.1, -0.05) is 43.8 Å². The zero-order chi connectivity index (χ0) is 15.5. The molecule has 1 aromatic carbocycles. The van der Waals surface area contributed by atoms with Crippen LogP contribution in [0.25, 0.3) is 0 Å². The minimum Gasteiger partial charge on any atom is -0.485 e. The molecule has 1 aliphatic rings. The summed E-state index contributed by atoms with van der Waals surface area (Å²) in [5, 5.41) is 9.94. The number of benzene rings is 1. The number of nitrogens with zero attached hydrogens (tertiary/aromatic N) is 3. The van der Waals surface area contributed by atoms with E-state index in [-0.39, 0.29) is 6.10 Å². The molecule has 2 aromatic rings. The molecule has 1 unspecified atom stereocenters. The summed E-state index contributed by atoms with van der Waals surface area (Å²) in [5.74, 6) is 2.29. The van der Waals surface area contributed by atoms with Crippen molar-refractivity contribution in [3.8, 4) is 11.5 Å². The molecule has 0 N–H and O–H groups in total. The fourth-order valence-corrected chi connectivity index (χ4v) is 3.09. The van der Waals surface area contributed by atoms with Gasteiger partial charge in [-0.25, -0.2) is 0 Å². The van der Waals surface area contributed by atoms with Gasteiger partial charge in [-0.05, 0) is 12.1 Å². The molecule has 3 rings (SSSR count). The van der Waals surface area contributed by atoms with E-state index in [0.717, 1.165) is 22.5 Å². The van der Waals surface area contributed by atoms with Crippen LogP contribution in [-0.2, 0) is 6.54 Å². The lowest BCUT2D eigenvalue weighted by Crippen LogP contribution is -2.25. The molecule has 2 heterocycles. The highest BCUT2D eigenvalue weighted by Crippen LogP contribution is 2.36. The maximum absolute atomic E-state index is 6.03. The van der Waals surface area contributed by atoms with Gasteiger partial charge in [0.1, 0.15) is 6.61 Å². The van der Waals surface area contributed by atoms with E-state index in [1.165, 1.54) is 0 Å². The average molecular weight is 317 g/mol. The van der Waals surface area contributed by atoms with E-state index in [9.17, 15) is 0 Å². The monoisotopic (exact) mass is 317 g/mol. The number of rotatable bonds is 5. The van der Waals surface area contributed by atoms with Crippen molar-refractivity contribution in [3.63, 3.8) is 0 Å². The summed E-state index contributed by atoms with van der Waals surface area (Å²) in [6.07, 6.45) is 1.58. The first kappa shape index (κ1) is 15.0. The number of fused-ring (bicyclic) bond motifs is 1. The minimum absolute atomic E-state index is 0.260. The molecule has 1 aromatic heterocycles. The molecule has 22 heavy (non-hydrogen) atoms. The molecule has 0 bridgehead atoms. The second-order valence-corrected chi connectivity index (χ2v) is 6.81. The van der Waals surface area contributed by atoms with Crippen molar-refractivity contribution in [2.45, 2.75) is 36.9 Å². The second kappa shape index (κ2) is 6.44. The summed E-state index contributed by atoms with van der Waals surface area (Å²) < 4.78 is 13.8. The van der Waals surface area contributed by atoms with Gasteiger partial charge in [0.15, 0.2) is 28.6 Å². The van der Waals surface area contributed by atoms with Gasteiger partial charge in [-0.2, -0.15) is 0 Å². The van der Waals surface area contributed by atoms with Crippen LogP contribution in [-0.4, -0.2) is 26.6 Å². The van der Waals surface area contributed by atoms with Crippen molar-refractivity contribution < 1.29 is 9.47 Å². The molecule has 5 nitrogen and oxygen atoms in total. The predicted molar refractivity (Wildman–Crippen MR) is 86.5 cm³/mol. The summed E-state index contributed by atoms with van der Waals surface area (Å²) in [6.45, 7) is 9.17. The minimum atomic E-state index is -0.260. The van der Waals surface area contributed by atoms with E-state index in [0.29, 0.717) is 18.4 Å². The zero-order valence-corrected chi connectivity index (χ0v) is 13.5. The van der Waals surface area contributed by atoms with Crippen LogP contribution in [0.5, 0.6) is 11.5 Å². The second-order valence-electron chi connectivity index (χ2n) is 5.27. The molecule has 116 valence electrons. The largest absolute Gasteiger partial charge is 0.485 e. The highest BCUT2D eigenvalue weighted by molar-refractivity contribution is 7.99. The third kappa shape index (κ3) is 2.97. The molecule has 0 fully saturated rings. The van der Waals surface area contributed by atoms with Crippen molar-refractivity contribution in [3.05, 3.63) is 42.7 Å². The first-order chi connectivity index (χ1) is 10.7. The molecule has 1 aliphatic heterocycles.